The molecular weight excluding hydrogens is 398 g/mol. The first kappa shape index (κ1) is 18.9. The molecule has 2 aromatic heterocycles. The van der Waals surface area contributed by atoms with E-state index < -0.39 is 17.7 Å². The first-order chi connectivity index (χ1) is 15.1. The molecule has 1 atom stereocenters. The molecule has 9 heteroatoms. The third kappa shape index (κ3) is 2.93. The Morgan fingerprint density at radius 1 is 1.13 bits per heavy atom. The van der Waals surface area contributed by atoms with Gasteiger partial charge in [-0.3, -0.25) is 19.2 Å². The summed E-state index contributed by atoms with van der Waals surface area (Å²) in [6, 6.07) is 15.1. The number of methoxy groups -OCH3 is 1. The number of aromatic nitrogens is 4. The molecule has 156 valence electrons. The number of fused-ring (bicyclic) bond motifs is 4. The monoisotopic (exact) mass is 417 g/mol. The quantitative estimate of drug-likeness (QED) is 0.449. The molecule has 0 amide bonds. The second-order valence-corrected chi connectivity index (χ2v) is 6.96. The van der Waals surface area contributed by atoms with E-state index in [2.05, 4.69) is 15.3 Å². The number of para-hydroxylation sites is 2. The standard InChI is InChI=1S/C22H19N5O4/c1-3-31-20(29)15-12-23-21-25-22-24-16-9-4-5-10-17(16)26(22)18(27(21)19(15)28)13-7-6-8-14(11-13)30-2/h4-12,18H,3H2,1-2H3,(H,23,24,25). The van der Waals surface area contributed by atoms with Crippen LogP contribution in [0.3, 0.4) is 0 Å². The molecule has 0 spiro atoms. The lowest BCUT2D eigenvalue weighted by Gasteiger charge is -2.31. The van der Waals surface area contributed by atoms with Crippen molar-refractivity contribution in [2.75, 3.05) is 19.0 Å². The van der Waals surface area contributed by atoms with Crippen LogP contribution in [0.5, 0.6) is 5.75 Å². The number of hydrogen-bond donors (Lipinski definition) is 1. The van der Waals surface area contributed by atoms with Crippen LogP contribution in [0, 0.1) is 0 Å². The maximum atomic E-state index is 13.5. The number of nitrogens with zero attached hydrogens (tertiary/aromatic N) is 4. The predicted octanol–water partition coefficient (Wildman–Crippen LogP) is 2.93. The van der Waals surface area contributed by atoms with Crippen molar-refractivity contribution in [1.29, 1.82) is 0 Å². The van der Waals surface area contributed by atoms with Crippen LogP contribution < -0.4 is 15.6 Å². The highest BCUT2D eigenvalue weighted by molar-refractivity contribution is 5.89. The number of hydrogen-bond acceptors (Lipinski definition) is 7. The number of benzene rings is 2. The molecule has 0 radical (unpaired) electrons. The summed E-state index contributed by atoms with van der Waals surface area (Å²) in [6.45, 7) is 1.85. The molecule has 0 fully saturated rings. The molecule has 31 heavy (non-hydrogen) atoms. The van der Waals surface area contributed by atoms with Crippen molar-refractivity contribution in [1.82, 2.24) is 19.1 Å². The van der Waals surface area contributed by atoms with Crippen LogP contribution in [0.1, 0.15) is 29.0 Å². The van der Waals surface area contributed by atoms with Gasteiger partial charge in [-0.1, -0.05) is 24.3 Å². The van der Waals surface area contributed by atoms with Gasteiger partial charge in [0.05, 0.1) is 30.9 Å². The maximum Gasteiger partial charge on any atom is 0.345 e. The van der Waals surface area contributed by atoms with Crippen LogP contribution >= 0.6 is 0 Å². The minimum atomic E-state index is -0.707. The van der Waals surface area contributed by atoms with E-state index in [0.717, 1.165) is 16.6 Å². The molecule has 9 nitrogen and oxygen atoms in total. The van der Waals surface area contributed by atoms with Gasteiger partial charge in [0.1, 0.15) is 17.5 Å². The van der Waals surface area contributed by atoms with Gasteiger partial charge in [0, 0.05) is 0 Å². The van der Waals surface area contributed by atoms with Crippen LogP contribution in [0.25, 0.3) is 11.0 Å². The number of nitrogens with one attached hydrogen (secondary N) is 1. The third-order valence-electron chi connectivity index (χ3n) is 5.19. The number of carbonyl (C=O) groups is 1. The van der Waals surface area contributed by atoms with E-state index in [4.69, 9.17) is 9.47 Å². The molecule has 4 aromatic rings. The van der Waals surface area contributed by atoms with Crippen LogP contribution in [-0.4, -0.2) is 38.8 Å². The topological polar surface area (TPSA) is 100 Å². The fourth-order valence-corrected chi connectivity index (χ4v) is 3.83. The molecular formula is C22H19N5O4. The maximum absolute atomic E-state index is 13.5. The zero-order valence-electron chi connectivity index (χ0n) is 16.9. The van der Waals surface area contributed by atoms with Crippen molar-refractivity contribution >= 4 is 28.9 Å². The van der Waals surface area contributed by atoms with Crippen molar-refractivity contribution in [2.24, 2.45) is 0 Å². The van der Waals surface area contributed by atoms with Gasteiger partial charge in [-0.2, -0.15) is 0 Å². The van der Waals surface area contributed by atoms with Crippen LogP contribution in [0.2, 0.25) is 0 Å². The average Bonchev–Trinajstić information content (AvgIpc) is 3.16. The number of ether oxygens (including phenoxy) is 2. The van der Waals surface area contributed by atoms with E-state index in [1.54, 1.807) is 14.0 Å². The van der Waals surface area contributed by atoms with Crippen LogP contribution in [0.4, 0.5) is 11.9 Å². The van der Waals surface area contributed by atoms with E-state index in [0.29, 0.717) is 11.7 Å². The molecule has 1 N–H and O–H groups in total. The SMILES string of the molecule is CCOC(=O)c1cnc2n(c1=O)C(c1cccc(OC)c1)n1c(nc3ccccc31)N2. The van der Waals surface area contributed by atoms with Gasteiger partial charge in [0.2, 0.25) is 11.9 Å². The highest BCUT2D eigenvalue weighted by Crippen LogP contribution is 2.36. The fourth-order valence-electron chi connectivity index (χ4n) is 3.83. The molecule has 0 saturated heterocycles. The Balaban J connectivity index is 1.81. The average molecular weight is 417 g/mol. The van der Waals surface area contributed by atoms with Crippen LogP contribution in [0.15, 0.2) is 59.5 Å². The summed E-state index contributed by atoms with van der Waals surface area (Å²) in [4.78, 5) is 34.8. The third-order valence-corrected chi connectivity index (χ3v) is 5.19. The molecule has 2 aromatic carbocycles. The summed E-state index contributed by atoms with van der Waals surface area (Å²) in [7, 11) is 1.58. The lowest BCUT2D eigenvalue weighted by molar-refractivity contribution is 0.0522. The van der Waals surface area contributed by atoms with E-state index in [1.807, 2.05) is 53.1 Å². The van der Waals surface area contributed by atoms with E-state index in [1.165, 1.54) is 10.8 Å². The lowest BCUT2D eigenvalue weighted by atomic mass is 10.1. The minimum Gasteiger partial charge on any atom is -0.497 e. The van der Waals surface area contributed by atoms with Gasteiger partial charge in [0.25, 0.3) is 5.56 Å². The van der Waals surface area contributed by atoms with E-state index in [9.17, 15) is 9.59 Å². The fraction of sp³-hybridized carbons (Fsp3) is 0.182. The Hall–Kier alpha value is -4.14. The second kappa shape index (κ2) is 7.28. The smallest absolute Gasteiger partial charge is 0.345 e. The van der Waals surface area contributed by atoms with Crippen molar-refractivity contribution in [3.05, 3.63) is 76.2 Å². The summed E-state index contributed by atoms with van der Waals surface area (Å²) in [5.41, 5.74) is 1.73. The highest BCUT2D eigenvalue weighted by atomic mass is 16.5. The molecule has 3 heterocycles. The summed E-state index contributed by atoms with van der Waals surface area (Å²) in [5.74, 6) is 0.769. The zero-order valence-corrected chi connectivity index (χ0v) is 16.9. The molecule has 5 rings (SSSR count). The number of rotatable bonds is 4. The molecule has 1 unspecified atom stereocenters. The van der Waals surface area contributed by atoms with Crippen LogP contribution in [-0.2, 0) is 4.74 Å². The largest absolute Gasteiger partial charge is 0.497 e. The van der Waals surface area contributed by atoms with Gasteiger partial charge in [-0.05, 0) is 36.8 Å². The van der Waals surface area contributed by atoms with Gasteiger partial charge < -0.3 is 9.47 Å². The number of imidazole rings is 1. The van der Waals surface area contributed by atoms with Gasteiger partial charge in [-0.25, -0.2) is 14.8 Å². The Morgan fingerprint density at radius 2 is 1.97 bits per heavy atom. The van der Waals surface area contributed by atoms with Crippen molar-refractivity contribution < 1.29 is 14.3 Å². The molecule has 0 saturated carbocycles. The normalized spacial score (nSPS) is 14.5. The van der Waals surface area contributed by atoms with Gasteiger partial charge in [-0.15, -0.1) is 0 Å². The Morgan fingerprint density at radius 3 is 2.77 bits per heavy atom. The van der Waals surface area contributed by atoms with Gasteiger partial charge >= 0.3 is 5.97 Å². The predicted molar refractivity (Wildman–Crippen MR) is 114 cm³/mol. The zero-order chi connectivity index (χ0) is 21.5. The molecule has 1 aliphatic heterocycles. The van der Waals surface area contributed by atoms with E-state index >= 15 is 0 Å². The first-order valence-electron chi connectivity index (χ1n) is 9.79. The van der Waals surface area contributed by atoms with Crippen molar-refractivity contribution in [2.45, 2.75) is 13.1 Å². The summed E-state index contributed by atoms with van der Waals surface area (Å²) in [5, 5.41) is 3.12. The number of esters is 1. The lowest BCUT2D eigenvalue weighted by Crippen LogP contribution is -2.39. The van der Waals surface area contributed by atoms with Crippen molar-refractivity contribution in [3.8, 4) is 5.75 Å². The second-order valence-electron chi connectivity index (χ2n) is 6.96. The Labute approximate surface area is 176 Å². The molecule has 0 aliphatic carbocycles. The van der Waals surface area contributed by atoms with E-state index in [-0.39, 0.29) is 18.1 Å². The number of anilines is 2. The minimum absolute atomic E-state index is 0.131. The Bertz CT molecular complexity index is 1370. The summed E-state index contributed by atoms with van der Waals surface area (Å²) >= 11 is 0. The Kier molecular flexibility index (Phi) is 4.43. The number of carbonyl (C=O) groups excluding carboxylic acids is 1. The molecule has 1 aliphatic rings. The van der Waals surface area contributed by atoms with Gasteiger partial charge in [0.15, 0.2) is 0 Å². The van der Waals surface area contributed by atoms with Crippen molar-refractivity contribution in [3.63, 3.8) is 0 Å². The highest BCUT2D eigenvalue weighted by Gasteiger charge is 2.32. The first-order valence-corrected chi connectivity index (χ1v) is 9.79. The molecule has 0 bridgehead atoms. The summed E-state index contributed by atoms with van der Waals surface area (Å²) in [6.07, 6.45) is 0.600. The summed E-state index contributed by atoms with van der Waals surface area (Å²) < 4.78 is 13.8.